The predicted molar refractivity (Wildman–Crippen MR) is 45.6 cm³/mol. The number of hydrogen-bond acceptors (Lipinski definition) is 3. The first-order valence-corrected chi connectivity index (χ1v) is 4.32. The van der Waals surface area contributed by atoms with Gasteiger partial charge in [0, 0.05) is 12.4 Å². The largest absolute Gasteiger partial charge is 0.475 e. The van der Waals surface area contributed by atoms with Crippen molar-refractivity contribution in [3.8, 4) is 0 Å². The standard InChI is InChI=1S/C9H10N2O2/c12-9(13)8-10-4-7(5-11-8)6-2-1-3-6/h4-6H,1-3H2,(H,12,13). The molecule has 0 aromatic carbocycles. The van der Waals surface area contributed by atoms with Gasteiger partial charge in [-0.05, 0) is 24.3 Å². The van der Waals surface area contributed by atoms with Crippen LogP contribution >= 0.6 is 0 Å². The molecular weight excluding hydrogens is 168 g/mol. The number of aromatic nitrogens is 2. The van der Waals surface area contributed by atoms with E-state index in [-0.39, 0.29) is 5.82 Å². The van der Waals surface area contributed by atoms with Crippen LogP contribution in [-0.2, 0) is 0 Å². The zero-order chi connectivity index (χ0) is 9.26. The molecule has 68 valence electrons. The minimum atomic E-state index is -1.07. The maximum Gasteiger partial charge on any atom is 0.373 e. The Morgan fingerprint density at radius 1 is 1.38 bits per heavy atom. The third kappa shape index (κ3) is 1.52. The Balaban J connectivity index is 2.17. The van der Waals surface area contributed by atoms with Crippen LogP contribution in [0, 0.1) is 0 Å². The molecule has 0 atom stereocenters. The van der Waals surface area contributed by atoms with E-state index in [9.17, 15) is 4.79 Å². The molecule has 0 unspecified atom stereocenters. The lowest BCUT2D eigenvalue weighted by molar-refractivity contribution is 0.0683. The summed E-state index contributed by atoms with van der Waals surface area (Å²) in [6, 6.07) is 0. The van der Waals surface area contributed by atoms with Crippen molar-refractivity contribution < 1.29 is 9.90 Å². The van der Waals surface area contributed by atoms with E-state index < -0.39 is 5.97 Å². The lowest BCUT2D eigenvalue weighted by Crippen LogP contribution is -2.11. The molecule has 4 nitrogen and oxygen atoms in total. The summed E-state index contributed by atoms with van der Waals surface area (Å²) in [5, 5.41) is 8.56. The molecule has 1 aromatic rings. The van der Waals surface area contributed by atoms with Crippen LogP contribution in [-0.4, -0.2) is 21.0 Å². The Labute approximate surface area is 75.6 Å². The smallest absolute Gasteiger partial charge is 0.373 e. The molecule has 1 aliphatic carbocycles. The van der Waals surface area contributed by atoms with Gasteiger partial charge in [-0.3, -0.25) is 0 Å². The van der Waals surface area contributed by atoms with Crippen molar-refractivity contribution in [2.24, 2.45) is 0 Å². The summed E-state index contributed by atoms with van der Waals surface area (Å²) in [6.45, 7) is 0. The lowest BCUT2D eigenvalue weighted by atomic mass is 9.81. The van der Waals surface area contributed by atoms with Crippen molar-refractivity contribution in [1.29, 1.82) is 0 Å². The molecule has 0 radical (unpaired) electrons. The number of carboxylic acids is 1. The highest BCUT2D eigenvalue weighted by molar-refractivity contribution is 5.82. The Bertz CT molecular complexity index is 317. The molecule has 0 bridgehead atoms. The molecular formula is C9H10N2O2. The summed E-state index contributed by atoms with van der Waals surface area (Å²) in [4.78, 5) is 18.0. The molecule has 1 N–H and O–H groups in total. The summed E-state index contributed by atoms with van der Waals surface area (Å²) in [5.41, 5.74) is 1.07. The third-order valence-electron chi connectivity index (χ3n) is 2.44. The van der Waals surface area contributed by atoms with Crippen molar-refractivity contribution >= 4 is 5.97 Å². The summed E-state index contributed by atoms with van der Waals surface area (Å²) in [7, 11) is 0. The fraction of sp³-hybridized carbons (Fsp3) is 0.444. The number of carbonyl (C=O) groups is 1. The van der Waals surface area contributed by atoms with E-state index >= 15 is 0 Å². The maximum atomic E-state index is 10.4. The van der Waals surface area contributed by atoms with Crippen LogP contribution in [0.3, 0.4) is 0 Å². The average Bonchev–Trinajstić information content (AvgIpc) is 2.02. The molecule has 1 aliphatic rings. The van der Waals surface area contributed by atoms with Crippen molar-refractivity contribution in [1.82, 2.24) is 9.97 Å². The molecule has 1 heterocycles. The first-order chi connectivity index (χ1) is 6.27. The zero-order valence-electron chi connectivity index (χ0n) is 7.10. The molecule has 0 spiro atoms. The van der Waals surface area contributed by atoms with Crippen LogP contribution in [0.5, 0.6) is 0 Å². The van der Waals surface area contributed by atoms with Crippen LogP contribution < -0.4 is 0 Å². The second-order valence-corrected chi connectivity index (χ2v) is 3.27. The van der Waals surface area contributed by atoms with Crippen LogP contribution in [0.25, 0.3) is 0 Å². The Morgan fingerprint density at radius 2 is 2.00 bits per heavy atom. The minimum Gasteiger partial charge on any atom is -0.475 e. The van der Waals surface area contributed by atoms with Crippen molar-refractivity contribution in [2.75, 3.05) is 0 Å². The Hall–Kier alpha value is -1.45. The van der Waals surface area contributed by atoms with Crippen LogP contribution in [0.1, 0.15) is 41.4 Å². The van der Waals surface area contributed by atoms with Gasteiger partial charge in [0.1, 0.15) is 0 Å². The van der Waals surface area contributed by atoms with Gasteiger partial charge in [0.05, 0.1) is 0 Å². The highest BCUT2D eigenvalue weighted by atomic mass is 16.4. The van der Waals surface area contributed by atoms with Gasteiger partial charge in [0.25, 0.3) is 0 Å². The van der Waals surface area contributed by atoms with Gasteiger partial charge in [0.15, 0.2) is 0 Å². The predicted octanol–water partition coefficient (Wildman–Crippen LogP) is 1.44. The molecule has 0 saturated heterocycles. The number of aromatic carboxylic acids is 1. The van der Waals surface area contributed by atoms with Gasteiger partial charge in [-0.2, -0.15) is 0 Å². The summed E-state index contributed by atoms with van der Waals surface area (Å²) in [6.07, 6.45) is 6.86. The van der Waals surface area contributed by atoms with Gasteiger partial charge in [-0.1, -0.05) is 6.42 Å². The quantitative estimate of drug-likeness (QED) is 0.744. The van der Waals surface area contributed by atoms with Crippen LogP contribution in [0.2, 0.25) is 0 Å². The van der Waals surface area contributed by atoms with Crippen LogP contribution in [0.4, 0.5) is 0 Å². The summed E-state index contributed by atoms with van der Waals surface area (Å²) >= 11 is 0. The van der Waals surface area contributed by atoms with E-state index in [1.165, 1.54) is 19.3 Å². The normalized spacial score (nSPS) is 16.6. The first kappa shape index (κ1) is 8.16. The van der Waals surface area contributed by atoms with Gasteiger partial charge >= 0.3 is 5.97 Å². The zero-order valence-corrected chi connectivity index (χ0v) is 7.10. The second-order valence-electron chi connectivity index (χ2n) is 3.27. The Morgan fingerprint density at radius 3 is 2.38 bits per heavy atom. The number of carboxylic acid groups (broad SMARTS) is 1. The van der Waals surface area contributed by atoms with E-state index in [1.54, 1.807) is 12.4 Å². The lowest BCUT2D eigenvalue weighted by Gasteiger charge is -2.24. The van der Waals surface area contributed by atoms with E-state index in [1.807, 2.05) is 0 Å². The molecule has 2 rings (SSSR count). The van der Waals surface area contributed by atoms with E-state index in [0.717, 1.165) is 5.56 Å². The van der Waals surface area contributed by atoms with Gasteiger partial charge in [-0.15, -0.1) is 0 Å². The molecule has 13 heavy (non-hydrogen) atoms. The molecule has 1 aromatic heterocycles. The van der Waals surface area contributed by atoms with Gasteiger partial charge < -0.3 is 5.11 Å². The number of hydrogen-bond donors (Lipinski definition) is 1. The van der Waals surface area contributed by atoms with Gasteiger partial charge in [-0.25, -0.2) is 14.8 Å². The molecule has 1 saturated carbocycles. The number of nitrogens with zero attached hydrogens (tertiary/aromatic N) is 2. The molecule has 0 aliphatic heterocycles. The molecule has 4 heteroatoms. The van der Waals surface area contributed by atoms with Crippen molar-refractivity contribution in [3.05, 3.63) is 23.8 Å². The maximum absolute atomic E-state index is 10.4. The topological polar surface area (TPSA) is 63.1 Å². The fourth-order valence-corrected chi connectivity index (χ4v) is 1.40. The van der Waals surface area contributed by atoms with E-state index in [0.29, 0.717) is 5.92 Å². The summed E-state index contributed by atoms with van der Waals surface area (Å²) < 4.78 is 0. The molecule has 0 amide bonds. The second kappa shape index (κ2) is 3.12. The van der Waals surface area contributed by atoms with Crippen molar-refractivity contribution in [3.63, 3.8) is 0 Å². The average molecular weight is 178 g/mol. The fourth-order valence-electron chi connectivity index (χ4n) is 1.40. The van der Waals surface area contributed by atoms with Gasteiger partial charge in [0.2, 0.25) is 5.82 Å². The Kier molecular flexibility index (Phi) is 1.96. The SMILES string of the molecule is O=C(O)c1ncc(C2CCC2)cn1. The summed E-state index contributed by atoms with van der Waals surface area (Å²) in [5.74, 6) is -0.633. The highest BCUT2D eigenvalue weighted by Crippen LogP contribution is 2.35. The van der Waals surface area contributed by atoms with E-state index in [4.69, 9.17) is 5.11 Å². The first-order valence-electron chi connectivity index (χ1n) is 4.32. The van der Waals surface area contributed by atoms with Crippen molar-refractivity contribution in [2.45, 2.75) is 25.2 Å². The highest BCUT2D eigenvalue weighted by Gasteiger charge is 2.20. The minimum absolute atomic E-state index is 0.122. The number of rotatable bonds is 2. The third-order valence-corrected chi connectivity index (χ3v) is 2.44. The van der Waals surface area contributed by atoms with Crippen LogP contribution in [0.15, 0.2) is 12.4 Å². The molecule has 1 fully saturated rings. The monoisotopic (exact) mass is 178 g/mol. The van der Waals surface area contributed by atoms with E-state index in [2.05, 4.69) is 9.97 Å².